The maximum absolute atomic E-state index is 10.8. The van der Waals surface area contributed by atoms with Crippen LogP contribution in [-0.4, -0.2) is 52.4 Å². The van der Waals surface area contributed by atoms with Crippen molar-refractivity contribution in [1.82, 2.24) is 10.6 Å². The number of aliphatic hydroxyl groups excluding tert-OH is 2. The van der Waals surface area contributed by atoms with Gasteiger partial charge in [-0.25, -0.2) is 0 Å². The second-order valence-corrected chi connectivity index (χ2v) is 9.17. The SMILES string of the molecule is CCC1=NC(CC2CCCC(C3CC3)N2)C(O)NC1C1CCC(O)CC1. The van der Waals surface area contributed by atoms with Crippen LogP contribution < -0.4 is 10.6 Å². The highest BCUT2D eigenvalue weighted by molar-refractivity contribution is 5.90. The number of nitrogens with zero attached hydrogens (tertiary/aromatic N) is 1. The summed E-state index contributed by atoms with van der Waals surface area (Å²) in [6.07, 6.45) is 11.7. The number of hydrogen-bond acceptors (Lipinski definition) is 5. The minimum absolute atomic E-state index is 0.0224. The number of hydrogen-bond donors (Lipinski definition) is 4. The van der Waals surface area contributed by atoms with Gasteiger partial charge in [0.25, 0.3) is 0 Å². The topological polar surface area (TPSA) is 76.9 Å². The van der Waals surface area contributed by atoms with E-state index in [2.05, 4.69) is 17.6 Å². The van der Waals surface area contributed by atoms with Crippen molar-refractivity contribution < 1.29 is 10.2 Å². The molecule has 5 unspecified atom stereocenters. The first-order valence-electron chi connectivity index (χ1n) is 11.1. The van der Waals surface area contributed by atoms with E-state index in [1.165, 1.54) is 37.8 Å². The zero-order chi connectivity index (χ0) is 18.1. The van der Waals surface area contributed by atoms with Gasteiger partial charge in [-0.05, 0) is 76.0 Å². The highest BCUT2D eigenvalue weighted by Gasteiger charge is 2.39. The number of rotatable bonds is 5. The molecule has 5 atom stereocenters. The van der Waals surface area contributed by atoms with Crippen molar-refractivity contribution in [3.8, 4) is 0 Å². The van der Waals surface area contributed by atoms with Crippen molar-refractivity contribution in [1.29, 1.82) is 0 Å². The molecule has 0 radical (unpaired) electrons. The molecule has 0 aromatic carbocycles. The second kappa shape index (κ2) is 8.26. The smallest absolute Gasteiger partial charge is 0.128 e. The lowest BCUT2D eigenvalue weighted by molar-refractivity contribution is 0.0599. The van der Waals surface area contributed by atoms with E-state index in [-0.39, 0.29) is 18.2 Å². The third-order valence-corrected chi connectivity index (χ3v) is 7.21. The molecule has 0 aromatic heterocycles. The van der Waals surface area contributed by atoms with E-state index in [9.17, 15) is 10.2 Å². The van der Waals surface area contributed by atoms with Crippen LogP contribution in [0.1, 0.15) is 77.6 Å². The Morgan fingerprint density at radius 1 is 0.923 bits per heavy atom. The molecule has 2 saturated carbocycles. The molecule has 2 heterocycles. The Kier molecular flexibility index (Phi) is 5.99. The fourth-order valence-corrected chi connectivity index (χ4v) is 5.49. The molecule has 5 nitrogen and oxygen atoms in total. The molecule has 4 rings (SSSR count). The van der Waals surface area contributed by atoms with Crippen molar-refractivity contribution in [3.63, 3.8) is 0 Å². The Balaban J connectivity index is 1.38. The molecule has 2 aliphatic heterocycles. The van der Waals surface area contributed by atoms with Gasteiger partial charge in [0.2, 0.25) is 0 Å². The van der Waals surface area contributed by atoms with E-state index in [1.54, 1.807) is 0 Å². The average Bonchev–Trinajstić information content (AvgIpc) is 3.49. The molecule has 0 amide bonds. The van der Waals surface area contributed by atoms with E-state index in [0.717, 1.165) is 44.4 Å². The zero-order valence-electron chi connectivity index (χ0n) is 16.2. The van der Waals surface area contributed by atoms with Gasteiger partial charge in [0, 0.05) is 17.8 Å². The van der Waals surface area contributed by atoms with Gasteiger partial charge in [0.15, 0.2) is 0 Å². The van der Waals surface area contributed by atoms with E-state index in [0.29, 0.717) is 18.0 Å². The van der Waals surface area contributed by atoms with Gasteiger partial charge in [-0.2, -0.15) is 0 Å². The van der Waals surface area contributed by atoms with Gasteiger partial charge in [-0.15, -0.1) is 0 Å². The summed E-state index contributed by atoms with van der Waals surface area (Å²) in [5, 5.41) is 27.9. The van der Waals surface area contributed by atoms with Crippen molar-refractivity contribution in [2.75, 3.05) is 0 Å². The van der Waals surface area contributed by atoms with Crippen LogP contribution in [0.15, 0.2) is 4.99 Å². The average molecular weight is 364 g/mol. The lowest BCUT2D eigenvalue weighted by Gasteiger charge is -2.41. The van der Waals surface area contributed by atoms with Crippen LogP contribution in [-0.2, 0) is 0 Å². The van der Waals surface area contributed by atoms with Gasteiger partial charge in [0.05, 0.1) is 18.2 Å². The van der Waals surface area contributed by atoms with E-state index in [1.807, 2.05) is 0 Å². The number of aliphatic imine (C=N–C) groups is 1. The van der Waals surface area contributed by atoms with Gasteiger partial charge in [0.1, 0.15) is 6.23 Å². The number of piperidine rings is 1. The fraction of sp³-hybridized carbons (Fsp3) is 0.952. The van der Waals surface area contributed by atoms with Gasteiger partial charge in [-0.3, -0.25) is 10.3 Å². The summed E-state index contributed by atoms with van der Waals surface area (Å²) in [6.45, 7) is 2.18. The van der Waals surface area contributed by atoms with Crippen LogP contribution in [0.5, 0.6) is 0 Å². The summed E-state index contributed by atoms with van der Waals surface area (Å²) < 4.78 is 0. The molecule has 4 aliphatic rings. The number of aliphatic hydroxyl groups is 2. The van der Waals surface area contributed by atoms with Crippen LogP contribution in [0, 0.1) is 11.8 Å². The molecule has 0 spiro atoms. The zero-order valence-corrected chi connectivity index (χ0v) is 16.2. The van der Waals surface area contributed by atoms with Crippen molar-refractivity contribution in [2.45, 2.75) is 114 Å². The standard InChI is InChI=1S/C21H37N3O2/c1-2-17-20(14-8-10-16(25)11-9-14)24-21(26)19(23-17)12-15-4-3-5-18(22-15)13-6-7-13/h13-16,18-22,24-26H,2-12H2,1H3. The lowest BCUT2D eigenvalue weighted by atomic mass is 9.79. The largest absolute Gasteiger partial charge is 0.393 e. The summed E-state index contributed by atoms with van der Waals surface area (Å²) in [4.78, 5) is 5.04. The molecule has 0 bridgehead atoms. The molecule has 0 aromatic rings. The van der Waals surface area contributed by atoms with E-state index in [4.69, 9.17) is 4.99 Å². The lowest BCUT2D eigenvalue weighted by Crippen LogP contribution is -2.57. The summed E-state index contributed by atoms with van der Waals surface area (Å²) in [5.41, 5.74) is 1.23. The van der Waals surface area contributed by atoms with Gasteiger partial charge >= 0.3 is 0 Å². The summed E-state index contributed by atoms with van der Waals surface area (Å²) in [6, 6.07) is 1.38. The van der Waals surface area contributed by atoms with Gasteiger partial charge in [-0.1, -0.05) is 13.3 Å². The minimum Gasteiger partial charge on any atom is -0.393 e. The number of nitrogens with one attached hydrogen (secondary N) is 2. The summed E-state index contributed by atoms with van der Waals surface area (Å²) >= 11 is 0. The van der Waals surface area contributed by atoms with E-state index >= 15 is 0 Å². The highest BCUT2D eigenvalue weighted by Crippen LogP contribution is 2.37. The molecule has 1 saturated heterocycles. The van der Waals surface area contributed by atoms with Gasteiger partial charge < -0.3 is 15.5 Å². The molecular formula is C21H37N3O2. The fourth-order valence-electron chi connectivity index (χ4n) is 5.49. The van der Waals surface area contributed by atoms with Crippen LogP contribution in [0.2, 0.25) is 0 Å². The molecule has 26 heavy (non-hydrogen) atoms. The maximum Gasteiger partial charge on any atom is 0.128 e. The van der Waals surface area contributed by atoms with E-state index < -0.39 is 6.23 Å². The predicted molar refractivity (Wildman–Crippen MR) is 104 cm³/mol. The Hall–Kier alpha value is -0.490. The molecular weight excluding hydrogens is 326 g/mol. The Morgan fingerprint density at radius 3 is 2.35 bits per heavy atom. The maximum atomic E-state index is 10.8. The Labute approximate surface area is 158 Å². The molecule has 5 heteroatoms. The highest BCUT2D eigenvalue weighted by atomic mass is 16.3. The van der Waals surface area contributed by atoms with Crippen LogP contribution in [0.25, 0.3) is 0 Å². The van der Waals surface area contributed by atoms with Crippen LogP contribution in [0.3, 0.4) is 0 Å². The molecule has 2 aliphatic carbocycles. The van der Waals surface area contributed by atoms with Crippen molar-refractivity contribution in [2.24, 2.45) is 16.8 Å². The third kappa shape index (κ3) is 4.32. The van der Waals surface area contributed by atoms with Crippen LogP contribution in [0.4, 0.5) is 0 Å². The minimum atomic E-state index is -0.537. The first-order valence-corrected chi connectivity index (χ1v) is 11.1. The first-order chi connectivity index (χ1) is 12.6. The summed E-state index contributed by atoms with van der Waals surface area (Å²) in [5.74, 6) is 1.41. The second-order valence-electron chi connectivity index (χ2n) is 9.17. The molecule has 3 fully saturated rings. The Morgan fingerprint density at radius 2 is 1.65 bits per heavy atom. The monoisotopic (exact) mass is 363 g/mol. The normalized spacial score (nSPS) is 44.6. The van der Waals surface area contributed by atoms with Crippen molar-refractivity contribution in [3.05, 3.63) is 0 Å². The quantitative estimate of drug-likeness (QED) is 0.605. The summed E-state index contributed by atoms with van der Waals surface area (Å²) in [7, 11) is 0. The van der Waals surface area contributed by atoms with Crippen LogP contribution >= 0.6 is 0 Å². The Bertz CT molecular complexity index is 499. The molecule has 148 valence electrons. The predicted octanol–water partition coefficient (Wildman–Crippen LogP) is 2.36. The molecule has 4 N–H and O–H groups in total. The van der Waals surface area contributed by atoms with Crippen molar-refractivity contribution >= 4 is 5.71 Å². The third-order valence-electron chi connectivity index (χ3n) is 7.21. The first kappa shape index (κ1) is 18.9.